The van der Waals surface area contributed by atoms with Crippen LogP contribution in [0.2, 0.25) is 0 Å². The highest BCUT2D eigenvalue weighted by Crippen LogP contribution is 2.47. The van der Waals surface area contributed by atoms with Crippen LogP contribution in [0.3, 0.4) is 0 Å². The Morgan fingerprint density at radius 3 is 2.59 bits per heavy atom. The minimum absolute atomic E-state index is 0.236. The molecule has 0 saturated carbocycles. The van der Waals surface area contributed by atoms with Gasteiger partial charge in [0.05, 0.1) is 31.9 Å². The maximum absolute atomic E-state index is 13.6. The number of imide groups is 1. The van der Waals surface area contributed by atoms with E-state index in [9.17, 15) is 9.59 Å². The lowest BCUT2D eigenvalue weighted by atomic mass is 9.84. The molecule has 0 bridgehead atoms. The fraction of sp³-hybridized carbons (Fsp3) is 0.333. The molecule has 2 amide bonds. The monoisotopic (exact) mass is 459 g/mol. The molecule has 7 nitrogen and oxygen atoms in total. The molecule has 3 aromatic rings. The summed E-state index contributed by atoms with van der Waals surface area (Å²) in [5.74, 6) is 0.795. The summed E-state index contributed by atoms with van der Waals surface area (Å²) in [4.78, 5) is 27.2. The molecule has 2 aromatic carbocycles. The van der Waals surface area contributed by atoms with Crippen LogP contribution in [0.5, 0.6) is 11.5 Å². The maximum Gasteiger partial charge on any atom is 0.259 e. The lowest BCUT2D eigenvalue weighted by Crippen LogP contribution is -2.33. The Kier molecular flexibility index (Phi) is 5.35. The number of amides is 2. The zero-order chi connectivity index (χ0) is 24.1. The van der Waals surface area contributed by atoms with Gasteiger partial charge in [0, 0.05) is 42.4 Å². The first-order chi connectivity index (χ1) is 16.3. The van der Waals surface area contributed by atoms with Crippen LogP contribution in [0.1, 0.15) is 37.8 Å². The molecule has 0 fully saturated rings. The minimum atomic E-state index is -0.362. The van der Waals surface area contributed by atoms with Gasteiger partial charge in [0.15, 0.2) is 11.5 Å². The Morgan fingerprint density at radius 2 is 1.91 bits per heavy atom. The van der Waals surface area contributed by atoms with Crippen molar-refractivity contribution in [2.24, 2.45) is 5.92 Å². The van der Waals surface area contributed by atoms with Gasteiger partial charge in [0.25, 0.3) is 5.91 Å². The van der Waals surface area contributed by atoms with Crippen LogP contribution in [-0.4, -0.2) is 42.0 Å². The first-order valence-electron chi connectivity index (χ1n) is 11.5. The molecular weight excluding hydrogens is 430 g/mol. The van der Waals surface area contributed by atoms with Crippen molar-refractivity contribution in [3.8, 4) is 11.5 Å². The molecule has 2 aliphatic heterocycles. The van der Waals surface area contributed by atoms with Crippen LogP contribution < -0.4 is 14.8 Å². The molecule has 1 aromatic heterocycles. The van der Waals surface area contributed by atoms with Crippen LogP contribution in [0.15, 0.2) is 53.9 Å². The number of carbonyl (C=O) groups is 2. The third-order valence-electron chi connectivity index (χ3n) is 6.62. The molecule has 5 rings (SSSR count). The van der Waals surface area contributed by atoms with Crippen molar-refractivity contribution >= 4 is 28.4 Å². The molecular formula is C27H29N3O4. The molecule has 176 valence electrons. The molecule has 0 unspecified atom stereocenters. The van der Waals surface area contributed by atoms with E-state index < -0.39 is 0 Å². The van der Waals surface area contributed by atoms with Crippen molar-refractivity contribution < 1.29 is 19.1 Å². The van der Waals surface area contributed by atoms with E-state index in [-0.39, 0.29) is 24.3 Å². The lowest BCUT2D eigenvalue weighted by Gasteiger charge is -2.20. The Labute approximate surface area is 198 Å². The highest BCUT2D eigenvalue weighted by atomic mass is 16.5. The highest BCUT2D eigenvalue weighted by molar-refractivity contribution is 6.11. The summed E-state index contributed by atoms with van der Waals surface area (Å²) in [7, 11) is 3.20. The summed E-state index contributed by atoms with van der Waals surface area (Å²) in [5, 5.41) is 4.61. The van der Waals surface area contributed by atoms with Crippen molar-refractivity contribution in [3.63, 3.8) is 0 Å². The molecule has 0 saturated heterocycles. The second kappa shape index (κ2) is 8.24. The van der Waals surface area contributed by atoms with Crippen molar-refractivity contribution in [1.29, 1.82) is 0 Å². The third kappa shape index (κ3) is 3.34. The largest absolute Gasteiger partial charge is 0.493 e. The minimum Gasteiger partial charge on any atom is -0.493 e. The number of aromatic nitrogens is 1. The quantitative estimate of drug-likeness (QED) is 0.608. The number of hydrogen-bond acceptors (Lipinski definition) is 5. The topological polar surface area (TPSA) is 72.8 Å². The maximum atomic E-state index is 13.6. The molecule has 1 atom stereocenters. The molecule has 1 N–H and O–H groups in total. The third-order valence-corrected chi connectivity index (χ3v) is 6.62. The fourth-order valence-electron chi connectivity index (χ4n) is 5.20. The summed E-state index contributed by atoms with van der Waals surface area (Å²) in [6, 6.07) is 12.0. The van der Waals surface area contributed by atoms with Gasteiger partial charge in [-0.05, 0) is 41.3 Å². The SMILES string of the molecule is COc1ccc([C@H]2C3=C(CN(C(C)=O)C3=O)Nc3cccc4c3c2cn4CC(C)C)cc1OC. The van der Waals surface area contributed by atoms with Crippen LogP contribution >= 0.6 is 0 Å². The number of rotatable bonds is 5. The van der Waals surface area contributed by atoms with Gasteiger partial charge in [0.1, 0.15) is 0 Å². The standard InChI is InChI=1S/C27H29N3O4/c1-15(2)12-29-13-18-24(17-9-10-22(33-4)23(11-17)34-5)26-20(14-30(16(3)31)27(26)32)28-19-7-6-8-21(29)25(18)19/h6-11,13,15,24,28H,12,14H2,1-5H3/t24-/m1/s1. The highest BCUT2D eigenvalue weighted by Gasteiger charge is 2.41. The number of nitrogens with zero attached hydrogens (tertiary/aromatic N) is 2. The summed E-state index contributed by atoms with van der Waals surface area (Å²) in [6.45, 7) is 6.91. The second-order valence-corrected chi connectivity index (χ2v) is 9.31. The fourth-order valence-corrected chi connectivity index (χ4v) is 5.20. The average Bonchev–Trinajstić information content (AvgIpc) is 3.28. The molecule has 2 aliphatic rings. The van der Waals surface area contributed by atoms with Crippen molar-refractivity contribution in [2.75, 3.05) is 26.1 Å². The van der Waals surface area contributed by atoms with E-state index in [4.69, 9.17) is 9.47 Å². The van der Waals surface area contributed by atoms with Gasteiger partial charge in [0.2, 0.25) is 5.91 Å². The zero-order valence-electron chi connectivity index (χ0n) is 20.1. The van der Waals surface area contributed by atoms with Gasteiger partial charge in [-0.25, -0.2) is 0 Å². The van der Waals surface area contributed by atoms with Gasteiger partial charge in [-0.15, -0.1) is 0 Å². The van der Waals surface area contributed by atoms with E-state index >= 15 is 0 Å². The Balaban J connectivity index is 1.79. The van der Waals surface area contributed by atoms with E-state index in [2.05, 4.69) is 36.0 Å². The predicted molar refractivity (Wildman–Crippen MR) is 131 cm³/mol. The predicted octanol–water partition coefficient (Wildman–Crippen LogP) is 4.51. The van der Waals surface area contributed by atoms with E-state index in [0.717, 1.165) is 40.0 Å². The number of nitrogens with one attached hydrogen (secondary N) is 1. The summed E-state index contributed by atoms with van der Waals surface area (Å²) >= 11 is 0. The average molecular weight is 460 g/mol. The lowest BCUT2D eigenvalue weighted by molar-refractivity contribution is -0.139. The van der Waals surface area contributed by atoms with Gasteiger partial charge in [-0.2, -0.15) is 0 Å². The molecule has 34 heavy (non-hydrogen) atoms. The Hall–Kier alpha value is -3.74. The zero-order valence-corrected chi connectivity index (χ0v) is 20.1. The van der Waals surface area contributed by atoms with E-state index in [0.29, 0.717) is 23.0 Å². The number of hydrogen-bond donors (Lipinski definition) is 1. The Bertz CT molecular complexity index is 1350. The number of carbonyl (C=O) groups excluding carboxylic acids is 2. The number of ether oxygens (including phenoxy) is 2. The molecule has 3 heterocycles. The van der Waals surface area contributed by atoms with Gasteiger partial charge in [-0.3, -0.25) is 14.5 Å². The molecule has 7 heteroatoms. The van der Waals surface area contributed by atoms with Crippen molar-refractivity contribution in [1.82, 2.24) is 9.47 Å². The Morgan fingerprint density at radius 1 is 1.15 bits per heavy atom. The number of methoxy groups -OCH3 is 2. The van der Waals surface area contributed by atoms with Gasteiger partial charge in [-0.1, -0.05) is 26.0 Å². The number of benzene rings is 2. The number of anilines is 1. The van der Waals surface area contributed by atoms with E-state index in [1.54, 1.807) is 14.2 Å². The molecule has 0 aliphatic carbocycles. The van der Waals surface area contributed by atoms with Crippen LogP contribution in [0.4, 0.5) is 5.69 Å². The molecule has 0 spiro atoms. The molecule has 0 radical (unpaired) electrons. The summed E-state index contributed by atoms with van der Waals surface area (Å²) in [5.41, 5.74) is 5.38. The summed E-state index contributed by atoms with van der Waals surface area (Å²) < 4.78 is 13.3. The second-order valence-electron chi connectivity index (χ2n) is 9.31. The van der Waals surface area contributed by atoms with Crippen molar-refractivity contribution in [2.45, 2.75) is 33.2 Å². The van der Waals surface area contributed by atoms with Crippen LogP contribution in [0, 0.1) is 5.92 Å². The smallest absolute Gasteiger partial charge is 0.259 e. The van der Waals surface area contributed by atoms with Crippen LogP contribution in [0.25, 0.3) is 10.9 Å². The summed E-state index contributed by atoms with van der Waals surface area (Å²) in [6.07, 6.45) is 2.16. The van der Waals surface area contributed by atoms with Crippen LogP contribution in [-0.2, 0) is 16.1 Å². The first kappa shape index (κ1) is 22.1. The van der Waals surface area contributed by atoms with Gasteiger partial charge >= 0.3 is 0 Å². The van der Waals surface area contributed by atoms with Crippen molar-refractivity contribution in [3.05, 3.63) is 65.0 Å². The normalized spacial score (nSPS) is 17.2. The van der Waals surface area contributed by atoms with E-state index in [1.807, 2.05) is 30.3 Å². The van der Waals surface area contributed by atoms with Gasteiger partial charge < -0.3 is 19.4 Å². The van der Waals surface area contributed by atoms with E-state index in [1.165, 1.54) is 11.8 Å². The first-order valence-corrected chi connectivity index (χ1v) is 11.5.